The predicted molar refractivity (Wildman–Crippen MR) is 135 cm³/mol. The maximum atomic E-state index is 11.0. The number of aryl methyl sites for hydroxylation is 1. The molecule has 36 heavy (non-hydrogen) atoms. The van der Waals surface area contributed by atoms with Gasteiger partial charge in [-0.15, -0.1) is 0 Å². The van der Waals surface area contributed by atoms with E-state index in [1.54, 1.807) is 24.3 Å². The van der Waals surface area contributed by atoms with Gasteiger partial charge in [0.1, 0.15) is 6.61 Å². The number of ether oxygens (including phenoxy) is 4. The zero-order valence-corrected chi connectivity index (χ0v) is 21.3. The lowest BCUT2D eigenvalue weighted by atomic mass is 9.82. The first kappa shape index (κ1) is 27.9. The van der Waals surface area contributed by atoms with Gasteiger partial charge in [-0.1, -0.05) is 13.0 Å². The lowest BCUT2D eigenvalue weighted by Crippen LogP contribution is -2.40. The number of methoxy groups -OCH3 is 2. The molecule has 1 heterocycles. The molecule has 1 aliphatic rings. The van der Waals surface area contributed by atoms with Crippen LogP contribution >= 0.6 is 0 Å². The second kappa shape index (κ2) is 13.5. The Balaban J connectivity index is 1.81. The van der Waals surface area contributed by atoms with Crippen LogP contribution in [0.3, 0.4) is 0 Å². The maximum Gasteiger partial charge on any atom is 0.200 e. The average Bonchev–Trinajstić information content (AvgIpc) is 2.88. The highest BCUT2D eigenvalue weighted by Gasteiger charge is 2.39. The van der Waals surface area contributed by atoms with Gasteiger partial charge in [0, 0.05) is 19.1 Å². The number of phenols is 2. The number of hydrogen-bond donors (Lipinski definition) is 5. The zero-order valence-electron chi connectivity index (χ0n) is 21.3. The van der Waals surface area contributed by atoms with Gasteiger partial charge in [0.2, 0.25) is 5.75 Å². The van der Waals surface area contributed by atoms with Gasteiger partial charge in [0.25, 0.3) is 0 Å². The molecule has 200 valence electrons. The summed E-state index contributed by atoms with van der Waals surface area (Å²) in [4.78, 5) is 0. The molecule has 2 aromatic carbocycles. The number of rotatable bonds is 13. The molecular weight excluding hydrogens is 466 g/mol. The van der Waals surface area contributed by atoms with Gasteiger partial charge in [-0.25, -0.2) is 0 Å². The molecule has 0 aliphatic carbocycles. The Morgan fingerprint density at radius 3 is 2.47 bits per heavy atom. The fourth-order valence-electron chi connectivity index (χ4n) is 4.66. The quantitative estimate of drug-likeness (QED) is 0.261. The van der Waals surface area contributed by atoms with Crippen molar-refractivity contribution in [2.24, 2.45) is 5.92 Å². The number of aromatic hydroxyl groups is 2. The highest BCUT2D eigenvalue weighted by Crippen LogP contribution is 2.45. The van der Waals surface area contributed by atoms with E-state index in [1.807, 2.05) is 13.0 Å². The summed E-state index contributed by atoms with van der Waals surface area (Å²) in [6, 6.07) is 8.65. The molecule has 4 atom stereocenters. The number of likely N-dealkylation sites (N-methyl/N-ethyl adjacent to an activating group) is 1. The summed E-state index contributed by atoms with van der Waals surface area (Å²) < 4.78 is 22.9. The summed E-state index contributed by atoms with van der Waals surface area (Å²) in [7, 11) is 2.98. The van der Waals surface area contributed by atoms with Crippen molar-refractivity contribution in [1.82, 2.24) is 5.32 Å². The molecule has 1 aliphatic heterocycles. The fourth-order valence-corrected chi connectivity index (χ4v) is 4.66. The number of aliphatic hydroxyl groups is 2. The maximum absolute atomic E-state index is 11.0. The monoisotopic (exact) mass is 505 g/mol. The number of hydrogen-bond acceptors (Lipinski definition) is 9. The fraction of sp³-hybridized carbons (Fsp3) is 0.556. The van der Waals surface area contributed by atoms with Crippen LogP contribution in [0.1, 0.15) is 43.4 Å². The number of benzene rings is 2. The normalized spacial score (nSPS) is 21.8. The molecule has 4 unspecified atom stereocenters. The Labute approximate surface area is 212 Å². The number of aliphatic hydroxyl groups excluding tert-OH is 2. The van der Waals surface area contributed by atoms with Gasteiger partial charge < -0.3 is 44.7 Å². The highest BCUT2D eigenvalue weighted by atomic mass is 16.5. The summed E-state index contributed by atoms with van der Waals surface area (Å²) in [5.74, 6) is 0.610. The lowest BCUT2D eigenvalue weighted by molar-refractivity contribution is -0.144. The van der Waals surface area contributed by atoms with Crippen LogP contribution < -0.4 is 19.5 Å². The van der Waals surface area contributed by atoms with Gasteiger partial charge in [0.05, 0.1) is 32.5 Å². The number of phenolic OH excluding ortho intramolecular Hbond substituents is 2. The van der Waals surface area contributed by atoms with E-state index in [1.165, 1.54) is 14.2 Å². The average molecular weight is 506 g/mol. The molecule has 0 aromatic heterocycles. The van der Waals surface area contributed by atoms with Crippen LogP contribution in [0.2, 0.25) is 0 Å². The SMILES string of the molecule is CCNCCOc1cc(C2OC(CCc3ccc(O)c(OC)c3)CC(O)C2CCO)cc(OC)c1O. The van der Waals surface area contributed by atoms with Crippen LogP contribution in [0.15, 0.2) is 30.3 Å². The summed E-state index contributed by atoms with van der Waals surface area (Å²) in [5.41, 5.74) is 1.69. The lowest BCUT2D eigenvalue weighted by Gasteiger charge is -2.40. The third-order valence-corrected chi connectivity index (χ3v) is 6.59. The van der Waals surface area contributed by atoms with Crippen molar-refractivity contribution in [3.8, 4) is 28.7 Å². The van der Waals surface area contributed by atoms with E-state index in [0.29, 0.717) is 50.1 Å². The topological polar surface area (TPSA) is 130 Å². The van der Waals surface area contributed by atoms with Crippen molar-refractivity contribution >= 4 is 0 Å². The van der Waals surface area contributed by atoms with Gasteiger partial charge in [-0.05, 0) is 67.6 Å². The first-order chi connectivity index (χ1) is 17.4. The van der Waals surface area contributed by atoms with Crippen LogP contribution in [0.25, 0.3) is 0 Å². The molecule has 0 radical (unpaired) electrons. The van der Waals surface area contributed by atoms with Crippen molar-refractivity contribution in [3.63, 3.8) is 0 Å². The van der Waals surface area contributed by atoms with E-state index in [4.69, 9.17) is 18.9 Å². The minimum Gasteiger partial charge on any atom is -0.504 e. The Hall–Kier alpha value is -2.72. The molecule has 1 fully saturated rings. The molecule has 0 amide bonds. The first-order valence-corrected chi connectivity index (χ1v) is 12.5. The second-order valence-electron chi connectivity index (χ2n) is 8.97. The van der Waals surface area contributed by atoms with Gasteiger partial charge >= 0.3 is 0 Å². The molecule has 9 nitrogen and oxygen atoms in total. The Kier molecular flexibility index (Phi) is 10.5. The summed E-state index contributed by atoms with van der Waals surface area (Å²) in [5, 5.41) is 44.3. The van der Waals surface area contributed by atoms with Crippen LogP contribution in [0.4, 0.5) is 0 Å². The van der Waals surface area contributed by atoms with E-state index >= 15 is 0 Å². The Bertz CT molecular complexity index is 969. The molecule has 0 saturated carbocycles. The molecule has 3 rings (SSSR count). The Morgan fingerprint density at radius 2 is 1.78 bits per heavy atom. The molecule has 2 aromatic rings. The summed E-state index contributed by atoms with van der Waals surface area (Å²) >= 11 is 0. The highest BCUT2D eigenvalue weighted by molar-refractivity contribution is 5.53. The molecular formula is C27H39NO8. The van der Waals surface area contributed by atoms with Gasteiger partial charge in [0.15, 0.2) is 23.0 Å². The summed E-state index contributed by atoms with van der Waals surface area (Å²) in [6.07, 6.45) is 0.694. The van der Waals surface area contributed by atoms with Crippen molar-refractivity contribution in [3.05, 3.63) is 41.5 Å². The van der Waals surface area contributed by atoms with Crippen LogP contribution in [0, 0.1) is 5.92 Å². The first-order valence-electron chi connectivity index (χ1n) is 12.5. The smallest absolute Gasteiger partial charge is 0.200 e. The van der Waals surface area contributed by atoms with Crippen molar-refractivity contribution < 1.29 is 39.4 Å². The number of nitrogens with one attached hydrogen (secondary N) is 1. The minimum atomic E-state index is -0.673. The third-order valence-electron chi connectivity index (χ3n) is 6.59. The molecule has 0 spiro atoms. The Morgan fingerprint density at radius 1 is 1.03 bits per heavy atom. The predicted octanol–water partition coefficient (Wildman–Crippen LogP) is 2.93. The second-order valence-corrected chi connectivity index (χ2v) is 8.97. The third kappa shape index (κ3) is 6.94. The van der Waals surface area contributed by atoms with Gasteiger partial charge in [-0.2, -0.15) is 0 Å². The van der Waals surface area contributed by atoms with E-state index in [2.05, 4.69) is 5.32 Å². The van der Waals surface area contributed by atoms with Crippen LogP contribution in [0.5, 0.6) is 28.7 Å². The molecule has 0 bridgehead atoms. The minimum absolute atomic E-state index is 0.0825. The van der Waals surface area contributed by atoms with Gasteiger partial charge in [-0.3, -0.25) is 0 Å². The largest absolute Gasteiger partial charge is 0.504 e. The van der Waals surface area contributed by atoms with Crippen molar-refractivity contribution in [2.45, 2.75) is 50.9 Å². The molecule has 1 saturated heterocycles. The molecule has 9 heteroatoms. The van der Waals surface area contributed by atoms with Crippen molar-refractivity contribution in [2.75, 3.05) is 40.5 Å². The standard InChI is InChI=1S/C27H39NO8/c1-4-28-10-12-35-25-15-18(14-24(34-3)26(25)32)27-20(9-11-29)22(31)16-19(36-27)7-5-17-6-8-21(30)23(13-17)33-2/h6,8,13-15,19-20,22,27-32H,4-5,7,9-12,16H2,1-3H3. The van der Waals surface area contributed by atoms with E-state index in [0.717, 1.165) is 12.1 Å². The van der Waals surface area contributed by atoms with Crippen LogP contribution in [-0.2, 0) is 11.2 Å². The van der Waals surface area contributed by atoms with Crippen molar-refractivity contribution in [1.29, 1.82) is 0 Å². The zero-order chi connectivity index (χ0) is 26.1. The molecule has 5 N–H and O–H groups in total. The van der Waals surface area contributed by atoms with E-state index < -0.39 is 12.2 Å². The van der Waals surface area contributed by atoms with Crippen LogP contribution in [-0.4, -0.2) is 73.2 Å². The summed E-state index contributed by atoms with van der Waals surface area (Å²) in [6.45, 7) is 3.72. The van der Waals surface area contributed by atoms with E-state index in [-0.39, 0.29) is 41.6 Å². The van der Waals surface area contributed by atoms with E-state index in [9.17, 15) is 20.4 Å².